The van der Waals surface area contributed by atoms with Crippen LogP contribution in [-0.2, 0) is 4.74 Å². The van der Waals surface area contributed by atoms with E-state index in [2.05, 4.69) is 41.3 Å². The number of nitrogens with zero attached hydrogens (tertiary/aromatic N) is 2. The summed E-state index contributed by atoms with van der Waals surface area (Å²) in [4.78, 5) is 6.89. The first kappa shape index (κ1) is 22.0. The van der Waals surface area contributed by atoms with Crippen LogP contribution in [0.3, 0.4) is 0 Å². The molecule has 0 aromatic heterocycles. The van der Waals surface area contributed by atoms with Gasteiger partial charge in [0.05, 0.1) is 13.2 Å². The Labute approximate surface area is 165 Å². The molecule has 1 saturated heterocycles. The van der Waals surface area contributed by atoms with Crippen molar-refractivity contribution in [3.05, 3.63) is 0 Å². The van der Waals surface area contributed by atoms with Crippen molar-refractivity contribution in [2.24, 2.45) is 16.8 Å². The molecule has 0 aromatic rings. The van der Waals surface area contributed by atoms with E-state index in [9.17, 15) is 0 Å². The molecule has 2 N–H and O–H groups in total. The van der Waals surface area contributed by atoms with E-state index in [-0.39, 0.29) is 29.5 Å². The number of guanidine groups is 1. The fraction of sp³-hybridized carbons (Fsp3) is 0.944. The van der Waals surface area contributed by atoms with Crippen molar-refractivity contribution in [1.82, 2.24) is 15.5 Å². The number of hydrogen-bond donors (Lipinski definition) is 2. The van der Waals surface area contributed by atoms with Gasteiger partial charge in [-0.15, -0.1) is 24.0 Å². The highest BCUT2D eigenvalue weighted by Crippen LogP contribution is 2.27. The fourth-order valence-corrected chi connectivity index (χ4v) is 3.58. The highest BCUT2D eigenvalue weighted by atomic mass is 127. The average Bonchev–Trinajstić information content (AvgIpc) is 2.57. The lowest BCUT2D eigenvalue weighted by Crippen LogP contribution is -2.56. The van der Waals surface area contributed by atoms with Gasteiger partial charge in [-0.2, -0.15) is 0 Å². The third-order valence-electron chi connectivity index (χ3n) is 5.47. The number of halogens is 1. The lowest BCUT2D eigenvalue weighted by Gasteiger charge is -2.41. The monoisotopic (exact) mass is 452 g/mol. The summed E-state index contributed by atoms with van der Waals surface area (Å²) >= 11 is 0. The average molecular weight is 452 g/mol. The predicted octanol–water partition coefficient (Wildman–Crippen LogP) is 2.71. The molecular weight excluding hydrogens is 415 g/mol. The Kier molecular flexibility index (Phi) is 9.89. The first-order valence-electron chi connectivity index (χ1n) is 9.28. The highest BCUT2D eigenvalue weighted by molar-refractivity contribution is 14.0. The molecule has 0 bridgehead atoms. The van der Waals surface area contributed by atoms with Crippen LogP contribution in [0, 0.1) is 11.8 Å². The van der Waals surface area contributed by atoms with E-state index in [1.807, 2.05) is 7.05 Å². The third-order valence-corrected chi connectivity index (χ3v) is 5.47. The van der Waals surface area contributed by atoms with Crippen LogP contribution >= 0.6 is 24.0 Å². The Morgan fingerprint density at radius 1 is 1.12 bits per heavy atom. The maximum absolute atomic E-state index is 5.46. The van der Waals surface area contributed by atoms with E-state index in [4.69, 9.17) is 4.74 Å². The van der Waals surface area contributed by atoms with Gasteiger partial charge < -0.3 is 15.4 Å². The van der Waals surface area contributed by atoms with Gasteiger partial charge in [-0.3, -0.25) is 9.89 Å². The summed E-state index contributed by atoms with van der Waals surface area (Å²) in [5, 5.41) is 7.04. The van der Waals surface area contributed by atoms with E-state index in [1.54, 1.807) is 0 Å². The molecule has 2 fully saturated rings. The summed E-state index contributed by atoms with van der Waals surface area (Å²) in [5.41, 5.74) is 0.113. The van der Waals surface area contributed by atoms with Crippen LogP contribution in [0.2, 0.25) is 0 Å². The van der Waals surface area contributed by atoms with E-state index >= 15 is 0 Å². The van der Waals surface area contributed by atoms with Crippen LogP contribution in [0.15, 0.2) is 4.99 Å². The van der Waals surface area contributed by atoms with Crippen molar-refractivity contribution >= 4 is 29.9 Å². The van der Waals surface area contributed by atoms with E-state index in [1.165, 1.54) is 25.7 Å². The predicted molar refractivity (Wildman–Crippen MR) is 112 cm³/mol. The molecule has 5 nitrogen and oxygen atoms in total. The van der Waals surface area contributed by atoms with Crippen molar-refractivity contribution in [1.29, 1.82) is 0 Å². The Morgan fingerprint density at radius 3 is 2.33 bits per heavy atom. The van der Waals surface area contributed by atoms with Crippen LogP contribution in [0.1, 0.15) is 46.5 Å². The Morgan fingerprint density at radius 2 is 1.75 bits per heavy atom. The van der Waals surface area contributed by atoms with Gasteiger partial charge in [0, 0.05) is 38.8 Å². The first-order valence-corrected chi connectivity index (χ1v) is 9.28. The van der Waals surface area contributed by atoms with Crippen molar-refractivity contribution in [3.8, 4) is 0 Å². The molecule has 142 valence electrons. The largest absolute Gasteiger partial charge is 0.379 e. The maximum Gasteiger partial charge on any atom is 0.191 e. The van der Waals surface area contributed by atoms with Gasteiger partial charge in [0.15, 0.2) is 5.96 Å². The summed E-state index contributed by atoms with van der Waals surface area (Å²) in [7, 11) is 1.86. The minimum atomic E-state index is 0. The van der Waals surface area contributed by atoms with E-state index in [0.717, 1.165) is 57.2 Å². The molecule has 0 spiro atoms. The van der Waals surface area contributed by atoms with Gasteiger partial charge in [-0.25, -0.2) is 0 Å². The number of rotatable bonds is 5. The number of nitrogens with one attached hydrogen (secondary N) is 2. The number of aliphatic imine (C=N–C) groups is 1. The van der Waals surface area contributed by atoms with Crippen molar-refractivity contribution in [2.75, 3.05) is 46.4 Å². The summed E-state index contributed by atoms with van der Waals surface area (Å²) in [6, 6.07) is 0. The molecule has 1 heterocycles. The molecular formula is C18H37IN4O. The molecule has 0 aromatic carbocycles. The Bertz CT molecular complexity index is 375. The van der Waals surface area contributed by atoms with Crippen molar-refractivity contribution in [3.63, 3.8) is 0 Å². The standard InChI is InChI=1S/C18H36N4O.HI/c1-15-5-7-16(8-6-15)13-20-17(19-4)21-14-18(2,3)22-9-11-23-12-10-22;/h15-16H,5-14H2,1-4H3,(H2,19,20,21);1H. The second-order valence-corrected chi connectivity index (χ2v) is 7.84. The molecule has 1 saturated carbocycles. The van der Waals surface area contributed by atoms with Gasteiger partial charge in [0.1, 0.15) is 0 Å². The molecule has 0 radical (unpaired) electrons. The lowest BCUT2D eigenvalue weighted by atomic mass is 9.83. The molecule has 24 heavy (non-hydrogen) atoms. The van der Waals surface area contributed by atoms with Gasteiger partial charge in [0.25, 0.3) is 0 Å². The molecule has 6 heteroatoms. The molecule has 0 atom stereocenters. The van der Waals surface area contributed by atoms with Crippen LogP contribution in [0.5, 0.6) is 0 Å². The Hall–Kier alpha value is -0.0800. The van der Waals surface area contributed by atoms with E-state index in [0.29, 0.717) is 0 Å². The van der Waals surface area contributed by atoms with Crippen LogP contribution in [-0.4, -0.2) is 62.8 Å². The molecule has 1 aliphatic heterocycles. The lowest BCUT2D eigenvalue weighted by molar-refractivity contribution is -0.00834. The fourth-order valence-electron chi connectivity index (χ4n) is 3.58. The van der Waals surface area contributed by atoms with Gasteiger partial charge >= 0.3 is 0 Å². The highest BCUT2D eigenvalue weighted by Gasteiger charge is 2.28. The van der Waals surface area contributed by atoms with Crippen LogP contribution in [0.25, 0.3) is 0 Å². The molecule has 0 amide bonds. The molecule has 0 unspecified atom stereocenters. The van der Waals surface area contributed by atoms with Crippen molar-refractivity contribution < 1.29 is 4.74 Å². The Balaban J connectivity index is 0.00000288. The van der Waals surface area contributed by atoms with Crippen LogP contribution < -0.4 is 10.6 Å². The molecule has 1 aliphatic carbocycles. The number of morpholine rings is 1. The van der Waals surface area contributed by atoms with Crippen molar-refractivity contribution in [2.45, 2.75) is 52.0 Å². The second kappa shape index (κ2) is 10.8. The summed E-state index contributed by atoms with van der Waals surface area (Å²) < 4.78 is 5.46. The topological polar surface area (TPSA) is 48.9 Å². The minimum Gasteiger partial charge on any atom is -0.379 e. The zero-order valence-electron chi connectivity index (χ0n) is 15.9. The second-order valence-electron chi connectivity index (χ2n) is 7.84. The minimum absolute atomic E-state index is 0. The molecule has 2 aliphatic rings. The summed E-state index contributed by atoms with van der Waals surface area (Å²) in [6.07, 6.45) is 5.46. The smallest absolute Gasteiger partial charge is 0.191 e. The van der Waals surface area contributed by atoms with Crippen LogP contribution in [0.4, 0.5) is 0 Å². The normalized spacial score (nSPS) is 26.6. The number of hydrogen-bond acceptors (Lipinski definition) is 3. The van der Waals surface area contributed by atoms with Gasteiger partial charge in [-0.05, 0) is 38.5 Å². The molecule has 2 rings (SSSR count). The van der Waals surface area contributed by atoms with E-state index < -0.39 is 0 Å². The third kappa shape index (κ3) is 7.04. The zero-order chi connectivity index (χ0) is 16.7. The summed E-state index contributed by atoms with van der Waals surface area (Å²) in [6.45, 7) is 12.6. The zero-order valence-corrected chi connectivity index (χ0v) is 18.3. The SMILES string of the molecule is CN=C(NCC1CCC(C)CC1)NCC(C)(C)N1CCOCC1.I. The van der Waals surface area contributed by atoms with Gasteiger partial charge in [-0.1, -0.05) is 19.8 Å². The first-order chi connectivity index (χ1) is 11.0. The number of ether oxygens (including phenoxy) is 1. The van der Waals surface area contributed by atoms with Gasteiger partial charge in [0.2, 0.25) is 0 Å². The maximum atomic E-state index is 5.46. The summed E-state index contributed by atoms with van der Waals surface area (Å²) in [5.74, 6) is 2.65. The quantitative estimate of drug-likeness (QED) is 0.383.